The van der Waals surface area contributed by atoms with Crippen LogP contribution in [0.1, 0.15) is 44.5 Å². The molecule has 12 heterocycles. The zero-order valence-electron chi connectivity index (χ0n) is 55.6. The second-order valence-electron chi connectivity index (χ2n) is 23.7. The van der Waals surface area contributed by atoms with Crippen molar-refractivity contribution in [2.45, 2.75) is 136 Å². The Hall–Kier alpha value is -7.20. The van der Waals surface area contributed by atoms with Crippen molar-refractivity contribution in [2.75, 3.05) is 76.4 Å². The molecule has 5 fully saturated rings. The van der Waals surface area contributed by atoms with Gasteiger partial charge in [-0.05, 0) is 24.6 Å². The first kappa shape index (κ1) is 80.3. The lowest BCUT2D eigenvalue weighted by Gasteiger charge is -2.34. The number of nitrogens with zero attached hydrogens (tertiary/aromatic N) is 14. The number of anilines is 5. The van der Waals surface area contributed by atoms with E-state index in [1.165, 1.54) is 6.92 Å². The molecule has 108 heavy (non-hydrogen) atoms. The summed E-state index contributed by atoms with van der Waals surface area (Å²) in [6, 6.07) is 3.15. The van der Waals surface area contributed by atoms with Crippen LogP contribution < -0.4 is 70.2 Å². The van der Waals surface area contributed by atoms with E-state index in [1.807, 2.05) is 0 Å². The van der Waals surface area contributed by atoms with Crippen LogP contribution in [0.4, 0.5) is 42.3 Å². The minimum absolute atomic E-state index is 0.0152. The first-order valence-electron chi connectivity index (χ1n) is 31.3. The number of fused-ring (bicyclic) bond motifs is 2. The molecule has 0 amide bonds. The van der Waals surface area contributed by atoms with Crippen molar-refractivity contribution >= 4 is 90.5 Å². The maximum absolute atomic E-state index is 17.1. The fourth-order valence-corrected chi connectivity index (χ4v) is 16.6. The minimum Gasteiger partial charge on any atom is -0.756 e. The number of nitrogen functional groups attached to an aromatic ring is 5. The third kappa shape index (κ3) is 17.0. The first-order valence-corrected chi connectivity index (χ1v) is 38.6. The predicted octanol–water partition coefficient (Wildman–Crippen LogP) is -3.73. The Labute approximate surface area is 601 Å². The molecule has 25 atom stereocenters. The van der Waals surface area contributed by atoms with Gasteiger partial charge in [-0.15, -0.1) is 0 Å². The molecule has 57 heteroatoms. The summed E-state index contributed by atoms with van der Waals surface area (Å²) < 4.78 is 214. The number of hydrogen-bond acceptors (Lipinski definition) is 44. The van der Waals surface area contributed by atoms with Crippen molar-refractivity contribution in [3.05, 3.63) is 93.6 Å². The van der Waals surface area contributed by atoms with E-state index in [0.717, 1.165) is 90.0 Å². The summed E-state index contributed by atoms with van der Waals surface area (Å²) in [5.41, 5.74) is 25.1. The van der Waals surface area contributed by atoms with Gasteiger partial charge in [0.15, 0.2) is 72.6 Å². The van der Waals surface area contributed by atoms with Crippen LogP contribution in [0.25, 0.3) is 22.3 Å². The lowest BCUT2D eigenvalue weighted by atomic mass is 10.1. The quantitative estimate of drug-likeness (QED) is 0.0261. The van der Waals surface area contributed by atoms with E-state index in [2.05, 4.69) is 49.4 Å². The van der Waals surface area contributed by atoms with Gasteiger partial charge in [0.2, 0.25) is 0 Å². The van der Waals surface area contributed by atoms with Gasteiger partial charge in [-0.2, -0.15) is 15.0 Å². The van der Waals surface area contributed by atoms with Gasteiger partial charge >= 0.3 is 17.1 Å². The molecule has 0 aromatic carbocycles. The lowest BCUT2D eigenvalue weighted by Crippen LogP contribution is -2.41. The molecule has 5 aliphatic heterocycles. The van der Waals surface area contributed by atoms with Crippen LogP contribution in [0, 0.1) is 0 Å². The monoisotopic (exact) mass is 1630 g/mol. The van der Waals surface area contributed by atoms with Crippen molar-refractivity contribution in [3.63, 3.8) is 0 Å². The fourth-order valence-electron chi connectivity index (χ4n) is 12.2. The zero-order chi connectivity index (χ0) is 77.9. The molecular weight excluding hydrogens is 1570 g/mol. The van der Waals surface area contributed by atoms with Crippen LogP contribution in [0.5, 0.6) is 0 Å². The summed E-state index contributed by atoms with van der Waals surface area (Å²) in [7, 11) is -27.0. The number of phosphoric ester groups is 5. The summed E-state index contributed by atoms with van der Waals surface area (Å²) in [5, 5.41) is 0. The number of ether oxygens (including phenoxy) is 7. The first-order chi connectivity index (χ1) is 51.0. The number of imidazole rings is 2. The van der Waals surface area contributed by atoms with E-state index in [1.54, 1.807) is 0 Å². The number of nitrogens with two attached hydrogens (primary N) is 5. The number of methoxy groups -OCH3 is 2. The third-order valence-corrected chi connectivity index (χ3v) is 21.9. The molecule has 49 nitrogen and oxygen atoms in total. The summed E-state index contributed by atoms with van der Waals surface area (Å²) in [6.07, 6.45) is -34.7. The highest BCUT2D eigenvalue weighted by molar-refractivity contribution is 7.47. The second kappa shape index (κ2) is 31.9. The van der Waals surface area contributed by atoms with Crippen LogP contribution in [-0.4, -0.2) is 207 Å². The van der Waals surface area contributed by atoms with E-state index in [0.29, 0.717) is 16.2 Å². The lowest BCUT2D eigenvalue weighted by molar-refractivity contribution is -0.241. The highest BCUT2D eigenvalue weighted by atomic mass is 31.2. The Kier molecular flexibility index (Phi) is 23.7. The van der Waals surface area contributed by atoms with Crippen molar-refractivity contribution in [1.82, 2.24) is 67.7 Å². The molecule has 10 N–H and O–H groups in total. The van der Waals surface area contributed by atoms with Gasteiger partial charge in [0.05, 0.1) is 45.2 Å². The average molecular weight is 1630 g/mol. The van der Waals surface area contributed by atoms with E-state index >= 15 is 13.2 Å². The van der Waals surface area contributed by atoms with Crippen LogP contribution in [0.3, 0.4) is 0 Å². The van der Waals surface area contributed by atoms with Gasteiger partial charge in [0.1, 0.15) is 108 Å². The van der Waals surface area contributed by atoms with Crippen molar-refractivity contribution in [1.29, 1.82) is 0 Å². The summed E-state index contributed by atoms with van der Waals surface area (Å²) in [5.74, 6) is -1.27. The number of rotatable bonds is 31. The smallest absolute Gasteiger partial charge is 0.351 e. The average Bonchev–Trinajstić information content (AvgIpc) is 1.64. The van der Waals surface area contributed by atoms with Gasteiger partial charge in [-0.1, -0.05) is 6.92 Å². The van der Waals surface area contributed by atoms with Crippen molar-refractivity contribution < 1.29 is 139 Å². The number of alkyl halides is 3. The Balaban J connectivity index is 0.766. The Morgan fingerprint density at radius 1 is 0.417 bits per heavy atom. The molecule has 5 saturated heterocycles. The molecule has 12 rings (SSSR count). The highest BCUT2D eigenvalue weighted by Gasteiger charge is 2.56. The molecule has 0 radical (unpaired) electrons. The summed E-state index contributed by atoms with van der Waals surface area (Å²) in [4.78, 5) is 143. The van der Waals surface area contributed by atoms with Gasteiger partial charge in [-0.3, -0.25) is 45.7 Å². The Morgan fingerprint density at radius 2 is 0.713 bits per heavy atom. The number of hydrogen-bond donors (Lipinski definition) is 5. The largest absolute Gasteiger partial charge is 0.756 e. The summed E-state index contributed by atoms with van der Waals surface area (Å²) in [6.45, 7) is -4.10. The Bertz CT molecular complexity index is 4890. The van der Waals surface area contributed by atoms with Gasteiger partial charge in [-0.25, -0.2) is 57.5 Å². The van der Waals surface area contributed by atoms with Gasteiger partial charge in [0, 0.05) is 39.9 Å². The number of phosphoric acid groups is 5. The molecule has 0 bridgehead atoms. The topological polar surface area (TPSA) is 680 Å². The van der Waals surface area contributed by atoms with Crippen molar-refractivity contribution in [3.8, 4) is 0 Å². The SMILES string of the molecule is CC[C@H]1O[C@@H](n2cnc3c(N)ncnc32)[C@@H](F)C1OP(=O)([O-])OC[C@H]1O[C@@H](n2ccc(N)nc2=O)[C@@H](OC)C1OP(=O)([O-])OC[C@H]1O[C@@H](n2ccc(N)nc2=O)[C@@H](F)C1OP(=O)([O-])OC[C@H]1O[C@@H](n2ccc(N)nc2=O)[C@@H](OC)C1OP(=O)([O-])OC[C@H]1O[C@@H](n2cnc3c(N)ncnc32)[C@@H](F)C1OP(=O)([O-])OC. The van der Waals surface area contributed by atoms with E-state index in [-0.39, 0.29) is 52.0 Å². The zero-order valence-corrected chi connectivity index (χ0v) is 60.1. The number of halogens is 3. The van der Waals surface area contributed by atoms with Crippen LogP contribution in [-0.2, 0) is 101 Å². The van der Waals surface area contributed by atoms with E-state index in [4.69, 9.17) is 103 Å². The summed E-state index contributed by atoms with van der Waals surface area (Å²) >= 11 is 0. The van der Waals surface area contributed by atoms with E-state index in [9.17, 15) is 61.7 Å². The molecule has 10 unspecified atom stereocenters. The molecule has 0 spiro atoms. The molecule has 592 valence electrons. The maximum Gasteiger partial charge on any atom is 0.351 e. The second-order valence-corrected chi connectivity index (χ2v) is 30.6. The molecular formula is C51H62F3N19O30P5-5. The molecule has 0 saturated carbocycles. The predicted molar refractivity (Wildman–Crippen MR) is 338 cm³/mol. The molecule has 7 aromatic rings. The van der Waals surface area contributed by atoms with Gasteiger partial charge < -0.3 is 132 Å². The molecule has 7 aromatic heterocycles. The third-order valence-electron chi connectivity index (χ3n) is 17.1. The van der Waals surface area contributed by atoms with Crippen molar-refractivity contribution in [2.24, 2.45) is 0 Å². The van der Waals surface area contributed by atoms with Gasteiger partial charge in [0.25, 0.3) is 39.1 Å². The number of aromatic nitrogens is 14. The van der Waals surface area contributed by atoms with E-state index < -0.39 is 211 Å². The normalized spacial score (nSPS) is 32.3. The molecule has 5 aliphatic rings. The highest BCUT2D eigenvalue weighted by Crippen LogP contribution is 2.54. The molecule has 0 aliphatic carbocycles. The maximum atomic E-state index is 17.1. The Morgan fingerprint density at radius 3 is 1.05 bits per heavy atom. The minimum atomic E-state index is -6.26. The standard InChI is InChI=1S/C51H67F3N19O30P5/c1-5-20-33(28(52)45(94-20)72-18-64-31-40(58)60-16-62-42(31)72)100-105(79,80)92-14-23-36(38(87-2)47(97-23)70-10-7-26(56)67-50(70)75)103-108(85,86)91-13-22-35(29(53)44(95-22)69-9-6-25(55)66-49(69)74)101-106(81,82)93-15-24-37(39(88-3)48(98-24)71-11-8-27(57)68-51(71)76)102-107(83,84)90-12-21-34(99-104(77,78)89-4)30(54)46(96-21)73-19-65-32-41(59)61-17-63-43(32)73/h6-11,16-24,28-30,33-39,44-48H,5,12-15H2,1-4H3,(H,77,78)(H,79,80)(H,81,82)(H,83,84)(H,85,86)(H2,55,66,74)(H2,56,67,75)(H2,57,68,76)(H2,58,60,62)(H2,59,61,63)/p-5/t20-,21-,22-,23-,24-,28+,29+,30+,33?,34?,35?,36?,37?,38+,39+,44-,45-,46-,47-,48-/m1/s1. The van der Waals surface area contributed by atoms with Crippen LogP contribution >= 0.6 is 39.1 Å². The van der Waals surface area contributed by atoms with Crippen LogP contribution in [0.15, 0.2) is 76.5 Å². The van der Waals surface area contributed by atoms with Crippen LogP contribution in [0.2, 0.25) is 0 Å². The fraction of sp³-hybridized carbons (Fsp3) is 0.569.